The third-order valence-corrected chi connectivity index (χ3v) is 5.11. The van der Waals surface area contributed by atoms with E-state index < -0.39 is 0 Å². The fourth-order valence-corrected chi connectivity index (χ4v) is 3.76. The van der Waals surface area contributed by atoms with Gasteiger partial charge in [-0.05, 0) is 55.7 Å². The fraction of sp³-hybridized carbons (Fsp3) is 0.684. The molecule has 1 aromatic rings. The predicted octanol–water partition coefficient (Wildman–Crippen LogP) is 2.88. The highest BCUT2D eigenvalue weighted by Crippen LogP contribution is 2.19. The lowest BCUT2D eigenvalue weighted by Gasteiger charge is -2.33. The van der Waals surface area contributed by atoms with Crippen LogP contribution in [0, 0.1) is 5.92 Å². The Balaban J connectivity index is 1.59. The Hall–Kier alpha value is -1.78. The monoisotopic (exact) mass is 329 g/mol. The minimum Gasteiger partial charge on any atom is -0.357 e. The van der Waals surface area contributed by atoms with Crippen LogP contribution in [-0.2, 0) is 6.54 Å². The number of piperidine rings is 2. The molecule has 3 heterocycles. The van der Waals surface area contributed by atoms with Gasteiger partial charge in [0.25, 0.3) is 0 Å². The molecule has 1 unspecified atom stereocenters. The molecule has 1 aromatic heterocycles. The number of rotatable bonds is 3. The van der Waals surface area contributed by atoms with Gasteiger partial charge in [-0.15, -0.1) is 0 Å². The third-order valence-electron chi connectivity index (χ3n) is 5.11. The molecule has 2 aliphatic heterocycles. The Morgan fingerprint density at radius 1 is 1.25 bits per heavy atom. The molecule has 1 atom stereocenters. The zero-order valence-corrected chi connectivity index (χ0v) is 15.2. The predicted molar refractivity (Wildman–Crippen MR) is 100 cm³/mol. The Labute approximate surface area is 146 Å². The molecule has 2 fully saturated rings. The molecule has 3 rings (SSSR count). The molecule has 0 aromatic carbocycles. The highest BCUT2D eigenvalue weighted by molar-refractivity contribution is 5.80. The first-order valence-corrected chi connectivity index (χ1v) is 9.42. The van der Waals surface area contributed by atoms with Crippen LogP contribution in [0.4, 0.5) is 5.82 Å². The summed E-state index contributed by atoms with van der Waals surface area (Å²) in [6.45, 7) is 7.62. The Morgan fingerprint density at radius 2 is 2.08 bits per heavy atom. The summed E-state index contributed by atoms with van der Waals surface area (Å²) in [4.78, 5) is 13.8. The Kier molecular flexibility index (Phi) is 5.94. The molecule has 1 N–H and O–H groups in total. The maximum atomic E-state index is 4.57. The Morgan fingerprint density at radius 3 is 2.83 bits per heavy atom. The number of anilines is 1. The van der Waals surface area contributed by atoms with Crippen molar-refractivity contribution in [3.05, 3.63) is 23.9 Å². The summed E-state index contributed by atoms with van der Waals surface area (Å²) in [6, 6.07) is 4.33. The van der Waals surface area contributed by atoms with E-state index in [0.717, 1.165) is 50.4 Å². The first kappa shape index (κ1) is 17.1. The van der Waals surface area contributed by atoms with E-state index in [1.807, 2.05) is 13.2 Å². The molecule has 5 nitrogen and oxygen atoms in total. The number of hydrogen-bond donors (Lipinski definition) is 1. The number of hydrogen-bond acceptors (Lipinski definition) is 3. The van der Waals surface area contributed by atoms with Gasteiger partial charge in [-0.2, -0.15) is 0 Å². The van der Waals surface area contributed by atoms with E-state index in [4.69, 9.17) is 0 Å². The van der Waals surface area contributed by atoms with E-state index in [-0.39, 0.29) is 0 Å². The summed E-state index contributed by atoms with van der Waals surface area (Å²) in [6.07, 6.45) is 8.44. The van der Waals surface area contributed by atoms with Crippen molar-refractivity contribution in [2.75, 3.05) is 38.1 Å². The number of aromatic nitrogens is 1. The van der Waals surface area contributed by atoms with Gasteiger partial charge in [0.2, 0.25) is 0 Å². The first-order chi connectivity index (χ1) is 11.8. The van der Waals surface area contributed by atoms with E-state index in [1.165, 1.54) is 37.7 Å². The molecule has 0 spiro atoms. The molecule has 0 amide bonds. The van der Waals surface area contributed by atoms with Crippen LogP contribution in [0.5, 0.6) is 0 Å². The largest absolute Gasteiger partial charge is 0.357 e. The van der Waals surface area contributed by atoms with E-state index in [9.17, 15) is 0 Å². The second kappa shape index (κ2) is 8.36. The van der Waals surface area contributed by atoms with Gasteiger partial charge in [-0.3, -0.25) is 4.99 Å². The highest BCUT2D eigenvalue weighted by atomic mass is 15.3. The molecular formula is C19H31N5. The normalized spacial score (nSPS) is 22.6. The smallest absolute Gasteiger partial charge is 0.193 e. The van der Waals surface area contributed by atoms with Gasteiger partial charge in [-0.1, -0.05) is 6.92 Å². The Bertz CT molecular complexity index is 550. The van der Waals surface area contributed by atoms with E-state index >= 15 is 0 Å². The van der Waals surface area contributed by atoms with Crippen LogP contribution in [0.2, 0.25) is 0 Å². The lowest BCUT2D eigenvalue weighted by Crippen LogP contribution is -2.45. The minimum atomic E-state index is 0.754. The van der Waals surface area contributed by atoms with Gasteiger partial charge in [-0.25, -0.2) is 4.98 Å². The van der Waals surface area contributed by atoms with Gasteiger partial charge in [0.05, 0.1) is 0 Å². The molecule has 0 aliphatic carbocycles. The van der Waals surface area contributed by atoms with Gasteiger partial charge < -0.3 is 15.1 Å². The van der Waals surface area contributed by atoms with Crippen LogP contribution in [0.1, 0.15) is 44.6 Å². The third kappa shape index (κ3) is 4.40. The van der Waals surface area contributed by atoms with Gasteiger partial charge in [0, 0.05) is 46.0 Å². The lowest BCUT2D eigenvalue weighted by molar-refractivity contribution is 0.266. The second-order valence-electron chi connectivity index (χ2n) is 7.16. The number of aliphatic imine (C=N–C) groups is 1. The fourth-order valence-electron chi connectivity index (χ4n) is 3.76. The average Bonchev–Trinajstić information content (AvgIpc) is 2.63. The van der Waals surface area contributed by atoms with Crippen molar-refractivity contribution in [2.45, 2.75) is 45.6 Å². The van der Waals surface area contributed by atoms with Crippen LogP contribution < -0.4 is 10.2 Å². The van der Waals surface area contributed by atoms with Gasteiger partial charge in [0.1, 0.15) is 5.82 Å². The van der Waals surface area contributed by atoms with Crippen LogP contribution in [0.3, 0.4) is 0 Å². The number of pyridine rings is 1. The van der Waals surface area contributed by atoms with E-state index in [2.05, 4.69) is 44.1 Å². The first-order valence-electron chi connectivity index (χ1n) is 9.42. The summed E-state index contributed by atoms with van der Waals surface area (Å²) < 4.78 is 0. The molecule has 0 bridgehead atoms. The molecule has 0 saturated carbocycles. The molecule has 2 saturated heterocycles. The summed E-state index contributed by atoms with van der Waals surface area (Å²) in [7, 11) is 1.88. The van der Waals surface area contributed by atoms with Crippen molar-refractivity contribution in [1.82, 2.24) is 15.2 Å². The molecule has 0 radical (unpaired) electrons. The van der Waals surface area contributed by atoms with Crippen LogP contribution in [0.25, 0.3) is 0 Å². The lowest BCUT2D eigenvalue weighted by atomic mass is 10.0. The second-order valence-corrected chi connectivity index (χ2v) is 7.16. The zero-order chi connectivity index (χ0) is 16.8. The van der Waals surface area contributed by atoms with Gasteiger partial charge in [0.15, 0.2) is 5.96 Å². The van der Waals surface area contributed by atoms with Crippen molar-refractivity contribution >= 4 is 11.8 Å². The van der Waals surface area contributed by atoms with Crippen molar-refractivity contribution < 1.29 is 0 Å². The topological polar surface area (TPSA) is 43.8 Å². The maximum Gasteiger partial charge on any atom is 0.193 e. The molecule has 5 heteroatoms. The molecular weight excluding hydrogens is 298 g/mol. The molecule has 24 heavy (non-hydrogen) atoms. The van der Waals surface area contributed by atoms with Gasteiger partial charge >= 0.3 is 0 Å². The van der Waals surface area contributed by atoms with E-state index in [1.54, 1.807) is 0 Å². The zero-order valence-electron chi connectivity index (χ0n) is 15.2. The quantitative estimate of drug-likeness (QED) is 0.684. The average molecular weight is 329 g/mol. The van der Waals surface area contributed by atoms with E-state index in [0.29, 0.717) is 0 Å². The molecule has 132 valence electrons. The summed E-state index contributed by atoms with van der Waals surface area (Å²) in [5.74, 6) is 2.90. The number of guanidine groups is 1. The highest BCUT2D eigenvalue weighted by Gasteiger charge is 2.19. The van der Waals surface area contributed by atoms with Crippen molar-refractivity contribution in [1.29, 1.82) is 0 Å². The molecule has 2 aliphatic rings. The van der Waals surface area contributed by atoms with Crippen molar-refractivity contribution in [3.63, 3.8) is 0 Å². The van der Waals surface area contributed by atoms with Crippen LogP contribution in [0.15, 0.2) is 23.3 Å². The SMILES string of the molecule is CN=C(NCc1ccnc(N2CCCCC2)c1)N1CCCC(C)C1. The number of likely N-dealkylation sites (tertiary alicyclic amines) is 1. The minimum absolute atomic E-state index is 0.754. The number of nitrogens with zero attached hydrogens (tertiary/aromatic N) is 4. The summed E-state index contributed by atoms with van der Waals surface area (Å²) in [5, 5.41) is 3.54. The van der Waals surface area contributed by atoms with Crippen molar-refractivity contribution in [3.8, 4) is 0 Å². The van der Waals surface area contributed by atoms with Crippen LogP contribution >= 0.6 is 0 Å². The summed E-state index contributed by atoms with van der Waals surface area (Å²) in [5.41, 5.74) is 1.27. The van der Waals surface area contributed by atoms with Crippen LogP contribution in [-0.4, -0.2) is 49.1 Å². The maximum absolute atomic E-state index is 4.57. The number of nitrogens with one attached hydrogen (secondary N) is 1. The van der Waals surface area contributed by atoms with Crippen molar-refractivity contribution in [2.24, 2.45) is 10.9 Å². The standard InChI is InChI=1S/C19H31N5/c1-16-7-6-12-24(15-16)19(20-2)22-14-17-8-9-21-18(13-17)23-10-4-3-5-11-23/h8-9,13,16H,3-7,10-12,14-15H2,1-2H3,(H,20,22). The summed E-state index contributed by atoms with van der Waals surface area (Å²) >= 11 is 0.